The maximum absolute atomic E-state index is 12.9. The van der Waals surface area contributed by atoms with E-state index < -0.39 is 0 Å². The molecule has 0 saturated heterocycles. The molecule has 0 aliphatic carbocycles. The van der Waals surface area contributed by atoms with Crippen molar-refractivity contribution in [2.75, 3.05) is 19.5 Å². The Morgan fingerprint density at radius 1 is 1.14 bits per heavy atom. The normalized spacial score (nSPS) is 10.6. The Morgan fingerprint density at radius 3 is 2.43 bits per heavy atom. The number of methoxy groups -OCH3 is 2. The zero-order chi connectivity index (χ0) is 20.3. The van der Waals surface area contributed by atoms with E-state index in [1.54, 1.807) is 12.1 Å². The molecule has 0 aliphatic heterocycles. The molecule has 2 aromatic carbocycles. The van der Waals surface area contributed by atoms with Gasteiger partial charge in [-0.2, -0.15) is 0 Å². The van der Waals surface area contributed by atoms with Gasteiger partial charge in [-0.05, 0) is 18.9 Å². The lowest BCUT2D eigenvalue weighted by molar-refractivity contribution is 0.102. The Kier molecular flexibility index (Phi) is 6.21. The Hall–Kier alpha value is -2.57. The average molecular weight is 417 g/mol. The van der Waals surface area contributed by atoms with Gasteiger partial charge in [0.15, 0.2) is 0 Å². The smallest absolute Gasteiger partial charge is 0.267 e. The van der Waals surface area contributed by atoms with Gasteiger partial charge in [0, 0.05) is 17.7 Å². The topological polar surface area (TPSA) is 60.5 Å². The molecule has 7 heteroatoms. The summed E-state index contributed by atoms with van der Waals surface area (Å²) < 4.78 is 10.6. The summed E-state index contributed by atoms with van der Waals surface area (Å²) in [6.45, 7) is 3.94. The molecule has 3 aromatic rings. The number of aryl methyl sites for hydroxylation is 2. The molecule has 1 N–H and O–H groups in total. The van der Waals surface area contributed by atoms with Crippen LogP contribution in [0.15, 0.2) is 36.4 Å². The maximum Gasteiger partial charge on any atom is 0.267 e. The van der Waals surface area contributed by atoms with Crippen molar-refractivity contribution in [3.63, 3.8) is 0 Å². The lowest BCUT2D eigenvalue weighted by atomic mass is 10.1. The summed E-state index contributed by atoms with van der Waals surface area (Å²) in [6, 6.07) is 11.5. The predicted octanol–water partition coefficient (Wildman–Crippen LogP) is 5.60. The highest BCUT2D eigenvalue weighted by Gasteiger charge is 2.19. The second kappa shape index (κ2) is 8.63. The Balaban J connectivity index is 1.88. The SMILES string of the molecule is CCc1ccc(-c2nc(C)c(C(=O)Nc3cc(OC)c(Cl)cc3OC)s2)cc1. The number of amides is 1. The van der Waals surface area contributed by atoms with Crippen LogP contribution >= 0.6 is 22.9 Å². The number of rotatable bonds is 6. The fourth-order valence-electron chi connectivity index (χ4n) is 2.75. The zero-order valence-electron chi connectivity index (χ0n) is 16.1. The number of nitrogens with one attached hydrogen (secondary N) is 1. The number of halogens is 1. The summed E-state index contributed by atoms with van der Waals surface area (Å²) in [5, 5.41) is 4.09. The summed E-state index contributed by atoms with van der Waals surface area (Å²) in [5.41, 5.74) is 3.42. The third-order valence-electron chi connectivity index (χ3n) is 4.33. The fourth-order valence-corrected chi connectivity index (χ4v) is 3.95. The van der Waals surface area contributed by atoms with Crippen LogP contribution in [0.4, 0.5) is 5.69 Å². The number of carbonyl (C=O) groups excluding carboxylic acids is 1. The second-order valence-electron chi connectivity index (χ2n) is 6.13. The number of benzene rings is 2. The summed E-state index contributed by atoms with van der Waals surface area (Å²) in [4.78, 5) is 18.0. The van der Waals surface area contributed by atoms with Crippen molar-refractivity contribution in [2.45, 2.75) is 20.3 Å². The van der Waals surface area contributed by atoms with Crippen molar-refractivity contribution in [1.29, 1.82) is 0 Å². The van der Waals surface area contributed by atoms with Gasteiger partial charge >= 0.3 is 0 Å². The third-order valence-corrected chi connectivity index (χ3v) is 5.83. The maximum atomic E-state index is 12.9. The molecule has 3 rings (SSSR count). The van der Waals surface area contributed by atoms with Crippen LogP contribution in [0.5, 0.6) is 11.5 Å². The minimum absolute atomic E-state index is 0.255. The molecule has 0 aliphatic rings. The molecule has 28 heavy (non-hydrogen) atoms. The van der Waals surface area contributed by atoms with E-state index in [0.29, 0.717) is 32.8 Å². The van der Waals surface area contributed by atoms with Gasteiger partial charge in [-0.1, -0.05) is 42.8 Å². The van der Waals surface area contributed by atoms with Crippen molar-refractivity contribution in [1.82, 2.24) is 4.98 Å². The minimum atomic E-state index is -0.255. The highest BCUT2D eigenvalue weighted by molar-refractivity contribution is 7.17. The molecule has 5 nitrogen and oxygen atoms in total. The number of hydrogen-bond acceptors (Lipinski definition) is 5. The van der Waals surface area contributed by atoms with E-state index in [4.69, 9.17) is 21.1 Å². The Labute approximate surface area is 173 Å². The van der Waals surface area contributed by atoms with E-state index >= 15 is 0 Å². The summed E-state index contributed by atoms with van der Waals surface area (Å²) in [7, 11) is 3.03. The van der Waals surface area contributed by atoms with Crippen LogP contribution in [0.2, 0.25) is 5.02 Å². The molecule has 0 radical (unpaired) electrons. The average Bonchev–Trinajstić information content (AvgIpc) is 3.10. The van der Waals surface area contributed by atoms with E-state index in [9.17, 15) is 4.79 Å². The van der Waals surface area contributed by atoms with Gasteiger partial charge in [0.2, 0.25) is 0 Å². The molecule has 146 valence electrons. The van der Waals surface area contributed by atoms with Crippen LogP contribution in [0.1, 0.15) is 27.9 Å². The highest BCUT2D eigenvalue weighted by atomic mass is 35.5. The van der Waals surface area contributed by atoms with Crippen molar-refractivity contribution >= 4 is 34.5 Å². The van der Waals surface area contributed by atoms with Crippen molar-refractivity contribution < 1.29 is 14.3 Å². The largest absolute Gasteiger partial charge is 0.495 e. The van der Waals surface area contributed by atoms with Crippen LogP contribution < -0.4 is 14.8 Å². The monoisotopic (exact) mass is 416 g/mol. The molecule has 0 atom stereocenters. The number of ether oxygens (including phenoxy) is 2. The van der Waals surface area contributed by atoms with Crippen LogP contribution in [0, 0.1) is 6.92 Å². The molecule has 0 bridgehead atoms. The first-order valence-corrected chi connectivity index (χ1v) is 9.95. The Morgan fingerprint density at radius 2 is 1.82 bits per heavy atom. The molecule has 1 aromatic heterocycles. The van der Waals surface area contributed by atoms with Crippen molar-refractivity contribution in [3.05, 3.63) is 57.6 Å². The van der Waals surface area contributed by atoms with Gasteiger partial charge < -0.3 is 14.8 Å². The number of anilines is 1. The second-order valence-corrected chi connectivity index (χ2v) is 7.53. The molecule has 0 saturated carbocycles. The van der Waals surface area contributed by atoms with Crippen LogP contribution in [0.3, 0.4) is 0 Å². The van der Waals surface area contributed by atoms with Gasteiger partial charge in [0.25, 0.3) is 5.91 Å². The number of aromatic nitrogens is 1. The molecular weight excluding hydrogens is 396 g/mol. The molecule has 0 fully saturated rings. The minimum Gasteiger partial charge on any atom is -0.495 e. The van der Waals surface area contributed by atoms with Gasteiger partial charge in [-0.3, -0.25) is 4.79 Å². The summed E-state index contributed by atoms with van der Waals surface area (Å²) in [5.74, 6) is 0.654. The predicted molar refractivity (Wildman–Crippen MR) is 114 cm³/mol. The van der Waals surface area contributed by atoms with Crippen LogP contribution in [-0.4, -0.2) is 25.1 Å². The number of hydrogen-bond donors (Lipinski definition) is 1. The highest BCUT2D eigenvalue weighted by Crippen LogP contribution is 2.37. The number of carbonyl (C=O) groups is 1. The van der Waals surface area contributed by atoms with E-state index in [1.165, 1.54) is 31.1 Å². The molecule has 0 spiro atoms. The third kappa shape index (κ3) is 4.13. The first-order valence-electron chi connectivity index (χ1n) is 8.76. The van der Waals surface area contributed by atoms with Crippen LogP contribution in [-0.2, 0) is 6.42 Å². The van der Waals surface area contributed by atoms with Gasteiger partial charge in [0.1, 0.15) is 21.4 Å². The fraction of sp³-hybridized carbons (Fsp3) is 0.238. The molecule has 0 unspecified atom stereocenters. The van der Waals surface area contributed by atoms with Gasteiger partial charge in [-0.15, -0.1) is 11.3 Å². The lowest BCUT2D eigenvalue weighted by Crippen LogP contribution is -2.12. The van der Waals surface area contributed by atoms with Gasteiger partial charge in [-0.25, -0.2) is 4.98 Å². The van der Waals surface area contributed by atoms with Gasteiger partial charge in [0.05, 0.1) is 30.6 Å². The summed E-state index contributed by atoms with van der Waals surface area (Å²) in [6.07, 6.45) is 0.983. The first kappa shape index (κ1) is 20.2. The van der Waals surface area contributed by atoms with E-state index in [-0.39, 0.29) is 5.91 Å². The summed E-state index contributed by atoms with van der Waals surface area (Å²) >= 11 is 7.48. The van der Waals surface area contributed by atoms with Crippen molar-refractivity contribution in [3.8, 4) is 22.1 Å². The number of nitrogens with zero attached hydrogens (tertiary/aromatic N) is 1. The molecule has 1 amide bonds. The zero-order valence-corrected chi connectivity index (χ0v) is 17.7. The Bertz CT molecular complexity index is 1000. The standard InChI is InChI=1S/C21H21ClN2O3S/c1-5-13-6-8-14(9-7-13)21-23-12(2)19(28-21)20(25)24-16-11-17(26-3)15(22)10-18(16)27-4/h6-11H,5H2,1-4H3,(H,24,25). The van der Waals surface area contributed by atoms with E-state index in [1.807, 2.05) is 19.1 Å². The molecular formula is C21H21ClN2O3S. The van der Waals surface area contributed by atoms with E-state index in [0.717, 1.165) is 17.0 Å². The number of thiazole rings is 1. The van der Waals surface area contributed by atoms with E-state index in [2.05, 4.69) is 29.4 Å². The molecule has 1 heterocycles. The first-order chi connectivity index (χ1) is 13.5. The van der Waals surface area contributed by atoms with Crippen molar-refractivity contribution in [2.24, 2.45) is 0 Å². The lowest BCUT2D eigenvalue weighted by Gasteiger charge is -2.12. The van der Waals surface area contributed by atoms with Crippen LogP contribution in [0.25, 0.3) is 10.6 Å². The quantitative estimate of drug-likeness (QED) is 0.567.